The molecule has 0 radical (unpaired) electrons. The number of anilines is 2. The van der Waals surface area contributed by atoms with Crippen molar-refractivity contribution in [2.45, 2.75) is 12.4 Å². The first-order valence-electron chi connectivity index (χ1n) is 7.87. The molecular weight excluding hydrogens is 420 g/mol. The minimum absolute atomic E-state index is 0.0181. The highest BCUT2D eigenvalue weighted by molar-refractivity contribution is 7.17. The molecule has 29 heavy (non-hydrogen) atoms. The first-order valence-corrected chi connectivity index (χ1v) is 8.69. The average Bonchev–Trinajstić information content (AvgIpc) is 3.03. The van der Waals surface area contributed by atoms with Gasteiger partial charge in [0.05, 0.1) is 16.8 Å². The zero-order chi connectivity index (χ0) is 21.4. The Morgan fingerprint density at radius 3 is 2.00 bits per heavy atom. The molecule has 0 bridgehead atoms. The van der Waals surface area contributed by atoms with Crippen molar-refractivity contribution < 1.29 is 31.1 Å². The Morgan fingerprint density at radius 1 is 0.931 bits per heavy atom. The highest BCUT2D eigenvalue weighted by Gasteiger charge is 2.37. The van der Waals surface area contributed by atoms with Gasteiger partial charge in [0.15, 0.2) is 5.13 Å². The van der Waals surface area contributed by atoms with E-state index >= 15 is 0 Å². The van der Waals surface area contributed by atoms with Gasteiger partial charge >= 0.3 is 12.4 Å². The van der Waals surface area contributed by atoms with E-state index in [-0.39, 0.29) is 21.8 Å². The largest absolute Gasteiger partial charge is 0.416 e. The van der Waals surface area contributed by atoms with Crippen molar-refractivity contribution >= 4 is 28.1 Å². The highest BCUT2D eigenvalue weighted by Crippen LogP contribution is 2.38. The number of nitrogens with one attached hydrogen (secondary N) is 1. The standard InChI is InChI=1S/C18H11F6N3OS/c19-17(20,21)10-6-11(18(22,23)24)8-12(7-10)26-15(28)14-13(27-16(25)29-14)9-4-2-1-3-5-9/h1-8H,(H2,25,27)(H,26,28). The first-order chi connectivity index (χ1) is 13.4. The number of benzene rings is 2. The second kappa shape index (κ2) is 7.39. The molecule has 0 aliphatic rings. The van der Waals surface area contributed by atoms with Gasteiger partial charge in [-0.3, -0.25) is 4.79 Å². The van der Waals surface area contributed by atoms with Crippen molar-refractivity contribution in [1.29, 1.82) is 0 Å². The molecule has 1 heterocycles. The predicted octanol–water partition coefficient (Wildman–Crippen LogP) is 5.68. The minimum atomic E-state index is -5.02. The zero-order valence-corrected chi connectivity index (χ0v) is 15.0. The molecule has 152 valence electrons. The molecule has 0 fully saturated rings. The molecule has 3 N–H and O–H groups in total. The molecule has 0 aliphatic carbocycles. The molecule has 4 nitrogen and oxygen atoms in total. The van der Waals surface area contributed by atoms with Gasteiger partial charge < -0.3 is 11.1 Å². The smallest absolute Gasteiger partial charge is 0.375 e. The summed E-state index contributed by atoms with van der Waals surface area (Å²) in [5.41, 5.74) is 2.62. The Morgan fingerprint density at radius 2 is 1.48 bits per heavy atom. The lowest BCUT2D eigenvalue weighted by molar-refractivity contribution is -0.143. The molecule has 11 heteroatoms. The highest BCUT2D eigenvalue weighted by atomic mass is 32.1. The number of aromatic nitrogens is 1. The third kappa shape index (κ3) is 4.67. The van der Waals surface area contributed by atoms with Gasteiger partial charge in [0.25, 0.3) is 5.91 Å². The zero-order valence-electron chi connectivity index (χ0n) is 14.2. The van der Waals surface area contributed by atoms with Crippen LogP contribution in [0.15, 0.2) is 48.5 Å². The first kappa shape index (κ1) is 20.6. The molecule has 0 atom stereocenters. The molecule has 2 aromatic carbocycles. The van der Waals surface area contributed by atoms with Crippen LogP contribution in [0.3, 0.4) is 0 Å². The Bertz CT molecular complexity index is 1010. The van der Waals surface area contributed by atoms with Crippen LogP contribution in [0.2, 0.25) is 0 Å². The summed E-state index contributed by atoms with van der Waals surface area (Å²) >= 11 is 0.766. The van der Waals surface area contributed by atoms with Crippen LogP contribution < -0.4 is 11.1 Å². The third-order valence-electron chi connectivity index (χ3n) is 3.74. The Labute approximate surface area is 164 Å². The fraction of sp³-hybridized carbons (Fsp3) is 0.111. The monoisotopic (exact) mass is 431 g/mol. The van der Waals surface area contributed by atoms with Crippen LogP contribution >= 0.6 is 11.3 Å². The Balaban J connectivity index is 2.00. The number of alkyl halides is 6. The summed E-state index contributed by atoms with van der Waals surface area (Å²) < 4.78 is 77.9. The van der Waals surface area contributed by atoms with Crippen molar-refractivity contribution in [3.63, 3.8) is 0 Å². The van der Waals surface area contributed by atoms with Crippen molar-refractivity contribution in [2.24, 2.45) is 0 Å². The van der Waals surface area contributed by atoms with Gasteiger partial charge in [0.1, 0.15) is 4.88 Å². The van der Waals surface area contributed by atoms with Crippen molar-refractivity contribution in [1.82, 2.24) is 4.98 Å². The summed E-state index contributed by atoms with van der Waals surface area (Å²) in [6.45, 7) is 0. The minimum Gasteiger partial charge on any atom is -0.375 e. The summed E-state index contributed by atoms with van der Waals surface area (Å²) in [6, 6.07) is 9.19. The number of hydrogen-bond acceptors (Lipinski definition) is 4. The van der Waals surface area contributed by atoms with Crippen LogP contribution in [-0.4, -0.2) is 10.9 Å². The maximum Gasteiger partial charge on any atom is 0.416 e. The number of carbonyl (C=O) groups is 1. The molecule has 3 rings (SSSR count). The summed E-state index contributed by atoms with van der Waals surface area (Å²) in [7, 11) is 0. The van der Waals surface area contributed by atoms with Gasteiger partial charge in [-0.15, -0.1) is 0 Å². The fourth-order valence-electron chi connectivity index (χ4n) is 2.50. The maximum atomic E-state index is 13.0. The normalized spacial score (nSPS) is 12.1. The summed E-state index contributed by atoms with van der Waals surface area (Å²) in [4.78, 5) is 16.6. The van der Waals surface area contributed by atoms with Crippen LogP contribution in [0.4, 0.5) is 37.2 Å². The molecule has 3 aromatic rings. The fourth-order valence-corrected chi connectivity index (χ4v) is 3.25. The van der Waals surface area contributed by atoms with Crippen molar-refractivity contribution in [2.75, 3.05) is 11.1 Å². The van der Waals surface area contributed by atoms with E-state index in [9.17, 15) is 31.1 Å². The maximum absolute atomic E-state index is 13.0. The van der Waals surface area contributed by atoms with E-state index in [0.717, 1.165) is 11.3 Å². The molecule has 1 aromatic heterocycles. The van der Waals surface area contributed by atoms with Crippen LogP contribution in [0, 0.1) is 0 Å². The SMILES string of the molecule is Nc1nc(-c2ccccc2)c(C(=O)Nc2cc(C(F)(F)F)cc(C(F)(F)F)c2)s1. The van der Waals surface area contributed by atoms with Crippen LogP contribution in [0.5, 0.6) is 0 Å². The number of thiazole rings is 1. The quantitative estimate of drug-likeness (QED) is 0.524. The number of nitrogens with two attached hydrogens (primary N) is 1. The molecule has 0 saturated heterocycles. The topological polar surface area (TPSA) is 68.0 Å². The molecule has 1 amide bonds. The van der Waals surface area contributed by atoms with E-state index < -0.39 is 35.1 Å². The second-order valence-electron chi connectivity index (χ2n) is 5.84. The van der Waals surface area contributed by atoms with E-state index in [1.54, 1.807) is 30.3 Å². The molecule has 0 saturated carbocycles. The Kier molecular flexibility index (Phi) is 5.26. The number of carbonyl (C=O) groups excluding carboxylic acids is 1. The Hall–Kier alpha value is -3.08. The van der Waals surface area contributed by atoms with E-state index in [0.29, 0.717) is 17.7 Å². The van der Waals surface area contributed by atoms with Gasteiger partial charge in [-0.05, 0) is 18.2 Å². The number of nitrogens with zero attached hydrogens (tertiary/aromatic N) is 1. The van der Waals surface area contributed by atoms with Gasteiger partial charge in [0.2, 0.25) is 0 Å². The number of amides is 1. The number of rotatable bonds is 3. The lowest BCUT2D eigenvalue weighted by atomic mass is 10.1. The van der Waals surface area contributed by atoms with E-state index in [1.807, 2.05) is 0 Å². The lowest BCUT2D eigenvalue weighted by Gasteiger charge is -2.14. The van der Waals surface area contributed by atoms with Crippen LogP contribution in [-0.2, 0) is 12.4 Å². The van der Waals surface area contributed by atoms with Crippen molar-refractivity contribution in [3.8, 4) is 11.3 Å². The third-order valence-corrected chi connectivity index (χ3v) is 4.63. The summed E-state index contributed by atoms with van der Waals surface area (Å²) in [6.07, 6.45) is -10.0. The van der Waals surface area contributed by atoms with E-state index in [2.05, 4.69) is 10.3 Å². The molecule has 0 spiro atoms. The van der Waals surface area contributed by atoms with E-state index in [1.165, 1.54) is 0 Å². The van der Waals surface area contributed by atoms with Crippen molar-refractivity contribution in [3.05, 3.63) is 64.5 Å². The molecular formula is C18H11F6N3OS. The number of hydrogen-bond donors (Lipinski definition) is 2. The summed E-state index contributed by atoms with van der Waals surface area (Å²) in [5, 5.41) is 2.10. The van der Waals surface area contributed by atoms with Gasteiger partial charge in [-0.25, -0.2) is 4.98 Å². The molecule has 0 unspecified atom stereocenters. The van der Waals surface area contributed by atoms with Crippen LogP contribution in [0.1, 0.15) is 20.8 Å². The lowest BCUT2D eigenvalue weighted by Crippen LogP contribution is -2.15. The van der Waals surface area contributed by atoms with Gasteiger partial charge in [0, 0.05) is 11.3 Å². The van der Waals surface area contributed by atoms with Crippen LogP contribution in [0.25, 0.3) is 11.3 Å². The summed E-state index contributed by atoms with van der Waals surface area (Å²) in [5.74, 6) is -0.925. The molecule has 0 aliphatic heterocycles. The predicted molar refractivity (Wildman–Crippen MR) is 96.4 cm³/mol. The second-order valence-corrected chi connectivity index (χ2v) is 6.88. The van der Waals surface area contributed by atoms with Gasteiger partial charge in [-0.1, -0.05) is 41.7 Å². The number of halogens is 6. The van der Waals surface area contributed by atoms with E-state index in [4.69, 9.17) is 5.73 Å². The average molecular weight is 431 g/mol. The number of nitrogen functional groups attached to an aromatic ring is 1. The van der Waals surface area contributed by atoms with Gasteiger partial charge in [-0.2, -0.15) is 26.3 Å².